The van der Waals surface area contributed by atoms with Crippen LogP contribution in [0.15, 0.2) is 24.3 Å². The van der Waals surface area contributed by atoms with Crippen LogP contribution in [0.5, 0.6) is 11.5 Å². The van der Waals surface area contributed by atoms with Gasteiger partial charge < -0.3 is 9.84 Å². The number of aromatic hydroxyl groups is 1. The van der Waals surface area contributed by atoms with Crippen LogP contribution in [-0.4, -0.2) is 42.7 Å². The molecule has 1 aliphatic rings. The second kappa shape index (κ2) is 8.27. The van der Waals surface area contributed by atoms with Crippen LogP contribution >= 0.6 is 12.4 Å². The largest absolute Gasteiger partial charge is 0.504 e. The molecule has 0 radical (unpaired) electrons. The maximum atomic E-state index is 12.3. The number of nitrogens with zero attached hydrogens (tertiary/aromatic N) is 1. The molecule has 0 aliphatic carbocycles. The van der Waals surface area contributed by atoms with Crippen molar-refractivity contribution in [2.45, 2.75) is 19.3 Å². The number of para-hydroxylation sites is 2. The predicted molar refractivity (Wildman–Crippen MR) is 76.0 cm³/mol. The summed E-state index contributed by atoms with van der Waals surface area (Å²) in [4.78, 5) is 1.78. The summed E-state index contributed by atoms with van der Waals surface area (Å²) in [6.07, 6.45) is -0.382. The van der Waals surface area contributed by atoms with E-state index in [4.69, 9.17) is 4.74 Å². The first-order chi connectivity index (χ1) is 9.15. The van der Waals surface area contributed by atoms with Crippen molar-refractivity contribution in [3.05, 3.63) is 24.3 Å². The van der Waals surface area contributed by atoms with Crippen molar-refractivity contribution in [1.29, 1.82) is 0 Å². The Morgan fingerprint density at radius 2 is 2.10 bits per heavy atom. The average molecular weight is 308 g/mol. The molecule has 0 saturated carbocycles. The zero-order valence-corrected chi connectivity index (χ0v) is 12.0. The van der Waals surface area contributed by atoms with Gasteiger partial charge in [0.05, 0.1) is 13.2 Å². The molecule has 1 atom stereocenters. The number of hydrogen-bond acceptors (Lipinski definition) is 3. The molecule has 1 saturated heterocycles. The molecule has 0 aromatic heterocycles. The predicted octanol–water partition coefficient (Wildman–Crippen LogP) is 3.17. The Balaban J connectivity index is 0.00000200. The van der Waals surface area contributed by atoms with E-state index in [2.05, 4.69) is 0 Å². The van der Waals surface area contributed by atoms with Crippen LogP contribution in [0.2, 0.25) is 0 Å². The topological polar surface area (TPSA) is 32.7 Å². The molecule has 0 unspecified atom stereocenters. The smallest absolute Gasteiger partial charge is 0.251 e. The lowest BCUT2D eigenvalue weighted by Crippen LogP contribution is -2.40. The van der Waals surface area contributed by atoms with Crippen molar-refractivity contribution in [1.82, 2.24) is 4.90 Å². The summed E-state index contributed by atoms with van der Waals surface area (Å²) >= 11 is 0. The van der Waals surface area contributed by atoms with Crippen molar-refractivity contribution in [3.8, 4) is 11.5 Å². The van der Waals surface area contributed by atoms with Crippen LogP contribution in [-0.2, 0) is 0 Å². The van der Waals surface area contributed by atoms with E-state index in [0.29, 0.717) is 18.9 Å². The van der Waals surface area contributed by atoms with Gasteiger partial charge in [-0.2, -0.15) is 0 Å². The summed E-state index contributed by atoms with van der Waals surface area (Å²) in [6.45, 7) is 1.67. The lowest BCUT2D eigenvalue weighted by atomic mass is 9.99. The van der Waals surface area contributed by atoms with Crippen molar-refractivity contribution in [3.63, 3.8) is 0 Å². The number of phenolic OH excluding ortho intramolecular Hbond substituents is 1. The highest BCUT2D eigenvalue weighted by molar-refractivity contribution is 5.85. The third-order valence-electron chi connectivity index (χ3n) is 3.34. The van der Waals surface area contributed by atoms with Gasteiger partial charge in [0.25, 0.3) is 6.43 Å². The van der Waals surface area contributed by atoms with Crippen LogP contribution in [0.4, 0.5) is 8.78 Å². The Bertz CT molecular complexity index is 407. The number of rotatable bonds is 5. The van der Waals surface area contributed by atoms with Crippen LogP contribution < -0.4 is 4.74 Å². The molecule has 1 aromatic carbocycles. The fourth-order valence-corrected chi connectivity index (χ4v) is 2.44. The van der Waals surface area contributed by atoms with Gasteiger partial charge in [-0.3, -0.25) is 4.90 Å². The first-order valence-corrected chi connectivity index (χ1v) is 6.56. The van der Waals surface area contributed by atoms with Gasteiger partial charge in [-0.15, -0.1) is 12.4 Å². The van der Waals surface area contributed by atoms with E-state index in [9.17, 15) is 13.9 Å². The normalized spacial score (nSPS) is 19.6. The van der Waals surface area contributed by atoms with Gasteiger partial charge in [0, 0.05) is 12.5 Å². The third kappa shape index (κ3) is 5.13. The monoisotopic (exact) mass is 307 g/mol. The molecule has 1 N–H and O–H groups in total. The second-order valence-electron chi connectivity index (χ2n) is 4.94. The number of benzene rings is 1. The fraction of sp³-hybridized carbons (Fsp3) is 0.571. The Morgan fingerprint density at radius 3 is 2.80 bits per heavy atom. The van der Waals surface area contributed by atoms with Gasteiger partial charge >= 0.3 is 0 Å². The zero-order valence-electron chi connectivity index (χ0n) is 11.2. The van der Waals surface area contributed by atoms with Crippen molar-refractivity contribution in [2.24, 2.45) is 5.92 Å². The summed E-state index contributed by atoms with van der Waals surface area (Å²) in [7, 11) is 0. The number of piperidine rings is 1. The summed E-state index contributed by atoms with van der Waals surface area (Å²) < 4.78 is 30.3. The van der Waals surface area contributed by atoms with Crippen LogP contribution in [0.1, 0.15) is 12.8 Å². The average Bonchev–Trinajstić information content (AvgIpc) is 2.37. The Morgan fingerprint density at radius 1 is 1.35 bits per heavy atom. The third-order valence-corrected chi connectivity index (χ3v) is 3.34. The molecule has 6 heteroatoms. The molecule has 1 fully saturated rings. The zero-order chi connectivity index (χ0) is 13.7. The number of hydrogen-bond donors (Lipinski definition) is 1. The molecule has 1 aromatic rings. The quantitative estimate of drug-likeness (QED) is 0.907. The summed E-state index contributed by atoms with van der Waals surface area (Å²) in [6, 6.07) is 6.79. The van der Waals surface area contributed by atoms with Crippen molar-refractivity contribution in [2.75, 3.05) is 26.2 Å². The van der Waals surface area contributed by atoms with Crippen LogP contribution in [0.3, 0.4) is 0 Å². The van der Waals surface area contributed by atoms with Crippen molar-refractivity contribution < 1.29 is 18.6 Å². The molecule has 1 aliphatic heterocycles. The minimum atomic E-state index is -2.28. The molecule has 1 heterocycles. The second-order valence-corrected chi connectivity index (χ2v) is 4.94. The van der Waals surface area contributed by atoms with E-state index in [1.54, 1.807) is 29.2 Å². The number of ether oxygens (including phenoxy) is 1. The molecule has 0 spiro atoms. The lowest BCUT2D eigenvalue weighted by molar-refractivity contribution is 0.0549. The van der Waals surface area contributed by atoms with Crippen LogP contribution in [0, 0.1) is 5.92 Å². The number of likely N-dealkylation sites (tertiary alicyclic amines) is 1. The van der Waals surface area contributed by atoms with Gasteiger partial charge in [-0.1, -0.05) is 12.1 Å². The molecular formula is C14H20ClF2NO2. The van der Waals surface area contributed by atoms with Crippen molar-refractivity contribution >= 4 is 12.4 Å². The summed E-state index contributed by atoms with van der Waals surface area (Å²) in [5.74, 6) is 0.809. The first kappa shape index (κ1) is 17.0. The van der Waals surface area contributed by atoms with Crippen LogP contribution in [0.25, 0.3) is 0 Å². The van der Waals surface area contributed by atoms with E-state index in [1.807, 2.05) is 0 Å². The van der Waals surface area contributed by atoms with Gasteiger partial charge in [0.2, 0.25) is 0 Å². The Kier molecular flexibility index (Phi) is 7.02. The maximum absolute atomic E-state index is 12.3. The fourth-order valence-electron chi connectivity index (χ4n) is 2.44. The SMILES string of the molecule is Cl.Oc1ccccc1OC[C@@H]1CCCN(CC(F)F)C1. The lowest BCUT2D eigenvalue weighted by Gasteiger charge is -2.32. The van der Waals surface area contributed by atoms with Gasteiger partial charge in [0.1, 0.15) is 0 Å². The molecule has 20 heavy (non-hydrogen) atoms. The Hall–Kier alpha value is -1.07. The highest BCUT2D eigenvalue weighted by Crippen LogP contribution is 2.26. The molecule has 2 rings (SSSR count). The molecule has 0 amide bonds. The van der Waals surface area contributed by atoms with E-state index >= 15 is 0 Å². The summed E-state index contributed by atoms with van der Waals surface area (Å²) in [5, 5.41) is 9.58. The van der Waals surface area contributed by atoms with E-state index in [-0.39, 0.29) is 30.6 Å². The van der Waals surface area contributed by atoms with E-state index in [1.165, 1.54) is 0 Å². The Labute approximate surface area is 123 Å². The first-order valence-electron chi connectivity index (χ1n) is 6.56. The highest BCUT2D eigenvalue weighted by Gasteiger charge is 2.22. The minimum Gasteiger partial charge on any atom is -0.504 e. The number of halogens is 3. The van der Waals surface area contributed by atoms with Gasteiger partial charge in [-0.05, 0) is 31.5 Å². The van der Waals surface area contributed by atoms with E-state index in [0.717, 1.165) is 19.4 Å². The molecule has 114 valence electrons. The standard InChI is InChI=1S/C14H19F2NO2.ClH/c15-14(16)9-17-7-3-4-11(8-17)10-19-13-6-2-1-5-12(13)18;/h1-2,5-6,11,14,18H,3-4,7-10H2;1H/t11-;/m1./s1. The molecule has 3 nitrogen and oxygen atoms in total. The maximum Gasteiger partial charge on any atom is 0.251 e. The highest BCUT2D eigenvalue weighted by atomic mass is 35.5. The molecule has 0 bridgehead atoms. The summed E-state index contributed by atoms with van der Waals surface area (Å²) in [5.41, 5.74) is 0. The minimum absolute atomic E-state index is 0. The van der Waals surface area contributed by atoms with Gasteiger partial charge in [0.15, 0.2) is 11.5 Å². The number of alkyl halides is 2. The van der Waals surface area contributed by atoms with E-state index < -0.39 is 6.43 Å². The molecular weight excluding hydrogens is 288 g/mol. The van der Waals surface area contributed by atoms with Gasteiger partial charge in [-0.25, -0.2) is 8.78 Å². The number of phenols is 1.